The zero-order valence-electron chi connectivity index (χ0n) is 57.1. The van der Waals surface area contributed by atoms with Crippen LogP contribution < -0.4 is 24.5 Å². The summed E-state index contributed by atoms with van der Waals surface area (Å²) in [7, 11) is 0. The summed E-state index contributed by atoms with van der Waals surface area (Å²) in [5, 5.41) is 78.3. The molecule has 3 aliphatic rings. The van der Waals surface area contributed by atoms with Crippen LogP contribution in [0.4, 0.5) is 28.4 Å². The van der Waals surface area contributed by atoms with Crippen molar-refractivity contribution >= 4 is 68.8 Å². The topological polar surface area (TPSA) is 187 Å². The van der Waals surface area contributed by atoms with Crippen LogP contribution in [-0.2, 0) is 4.74 Å². The lowest BCUT2D eigenvalue weighted by molar-refractivity contribution is 0.122. The van der Waals surface area contributed by atoms with Gasteiger partial charge in [-0.05, 0) is 184 Å². The van der Waals surface area contributed by atoms with E-state index in [4.69, 9.17) is 39.5 Å². The molecule has 8 N–H and O–H groups in total. The Morgan fingerprint density at radius 3 is 0.980 bits per heavy atom. The minimum absolute atomic E-state index is 0.0234. The van der Waals surface area contributed by atoms with Crippen LogP contribution in [0.25, 0.3) is 5.57 Å². The Bertz CT molecular complexity index is 3890. The maximum Gasteiger partial charge on any atom is 0.0908 e. The molecular formula is C84H94Cl3N5O9. The molecule has 0 bridgehead atoms. The van der Waals surface area contributed by atoms with Crippen molar-refractivity contribution in [3.8, 4) is 0 Å². The SMILES string of the molecule is OCCN(CCO)c1ccc(C(c2ccc(Cl)cc2)c2ccc(C3=CC(O)C=CC3)cc2)cc1.OCCN(CCO)c1ccc(C(c2ccc(Cl)cc2)c2ccc(N3CCCC(O)C3)cc2)cc1.OCCN(CCO)c1ccc(C(c2ccc(Cl)cc2)c2ccc(N3CCOCC3)cc2)cc1. The van der Waals surface area contributed by atoms with Crippen LogP contribution in [0, 0.1) is 0 Å². The maximum atomic E-state index is 10.0. The van der Waals surface area contributed by atoms with Gasteiger partial charge >= 0.3 is 0 Å². The van der Waals surface area contributed by atoms with Gasteiger partial charge in [-0.1, -0.05) is 168 Å². The Hall–Kier alpha value is -8.03. The van der Waals surface area contributed by atoms with E-state index in [1.807, 2.05) is 87.5 Å². The number of allylic oxidation sites excluding steroid dienone is 2. The molecule has 0 radical (unpaired) electrons. The highest BCUT2D eigenvalue weighted by Crippen LogP contribution is 2.39. The minimum atomic E-state index is -0.528. The molecule has 5 atom stereocenters. The highest BCUT2D eigenvalue weighted by atomic mass is 35.5. The number of rotatable bonds is 27. The predicted molar refractivity (Wildman–Crippen MR) is 413 cm³/mol. The summed E-state index contributed by atoms with van der Waals surface area (Å²) in [6.45, 7) is 8.14. The third kappa shape index (κ3) is 21.1. The van der Waals surface area contributed by atoms with E-state index in [0.717, 1.165) is 119 Å². The Kier molecular flexibility index (Phi) is 29.1. The Labute approximate surface area is 610 Å². The summed E-state index contributed by atoms with van der Waals surface area (Å²) in [5.74, 6) is 0.131. The van der Waals surface area contributed by atoms with Crippen molar-refractivity contribution in [2.75, 3.05) is 143 Å². The van der Waals surface area contributed by atoms with Crippen LogP contribution in [0.3, 0.4) is 0 Å². The molecule has 0 spiro atoms. The fraction of sp³-hybridized carbons (Fsp3) is 0.310. The van der Waals surface area contributed by atoms with Gasteiger partial charge in [0.2, 0.25) is 0 Å². The predicted octanol–water partition coefficient (Wildman–Crippen LogP) is 13.4. The summed E-state index contributed by atoms with van der Waals surface area (Å²) in [5.41, 5.74) is 18.0. The lowest BCUT2D eigenvalue weighted by atomic mass is 9.84. The van der Waals surface area contributed by atoms with Gasteiger partial charge in [0.25, 0.3) is 0 Å². The molecule has 2 fully saturated rings. The van der Waals surface area contributed by atoms with Gasteiger partial charge in [-0.15, -0.1) is 0 Å². The standard InChI is InChI=1S/C29H30ClNO3.C28H33ClN2O3.C27H31ClN2O3/c30-26-12-8-23(9-13-26)29(24-10-14-27(15-11-24)31(16-18-32)17-19-33)22-6-4-21(5-7-22)25-2-1-3-28(34)20-25;29-24-9-3-21(4-10-24)28(22-5-11-25(12-6-22)30(16-18-32)17-19-33)23-7-13-26(14-8-23)31-15-1-2-27(34)20-31;28-24-7-1-21(2-8-24)27(22-3-9-25(10-4-22)29(13-17-31)14-18-32)23-5-11-26(12-6-23)30-15-19-33-20-16-30/h1,3-15,20,28-29,32-34H,2,16-19H2;3-14,27-28,32-34H,1-2,15-20H2;1-12,27,31-32H,13-20H2. The number of nitrogens with zero attached hydrogens (tertiary/aromatic N) is 5. The average molecular weight is 1420 g/mol. The third-order valence-electron chi connectivity index (χ3n) is 18.9. The molecule has 0 aromatic heterocycles. The van der Waals surface area contributed by atoms with Gasteiger partial charge < -0.3 is 70.1 Å². The van der Waals surface area contributed by atoms with Gasteiger partial charge in [0.15, 0.2) is 0 Å². The zero-order chi connectivity index (χ0) is 70.9. The van der Waals surface area contributed by atoms with Crippen molar-refractivity contribution in [2.45, 2.75) is 49.2 Å². The summed E-state index contributed by atoms with van der Waals surface area (Å²) in [4.78, 5) is 10.5. The lowest BCUT2D eigenvalue weighted by Gasteiger charge is -2.32. The molecule has 5 unspecified atom stereocenters. The summed E-state index contributed by atoms with van der Waals surface area (Å²) >= 11 is 18.5. The zero-order valence-corrected chi connectivity index (χ0v) is 59.4. The first kappa shape index (κ1) is 75.6. The van der Waals surface area contributed by atoms with Gasteiger partial charge in [0, 0.05) is 127 Å². The monoisotopic (exact) mass is 1420 g/mol. The number of β-amino-alcohol motifs (C(OH)–C–C–N with tert-alkyl or cyclic N) is 1. The average Bonchev–Trinajstić information content (AvgIpc) is 0.817. The molecule has 9 aromatic rings. The molecule has 0 saturated carbocycles. The summed E-state index contributed by atoms with van der Waals surface area (Å²) in [6, 6.07) is 75.0. The number of anilines is 5. The number of morpholine rings is 1. The van der Waals surface area contributed by atoms with Crippen molar-refractivity contribution in [3.05, 3.63) is 307 Å². The number of hydrogen-bond donors (Lipinski definition) is 8. The number of piperidine rings is 1. The Morgan fingerprint density at radius 1 is 0.376 bits per heavy atom. The number of hydrogen-bond acceptors (Lipinski definition) is 14. The van der Waals surface area contributed by atoms with E-state index >= 15 is 0 Å². The Balaban J connectivity index is 0.000000163. The molecule has 14 nitrogen and oxygen atoms in total. The normalized spacial score (nSPS) is 16.0. The number of aliphatic hydroxyl groups is 8. The van der Waals surface area contributed by atoms with Gasteiger partial charge in [0.05, 0.1) is 65.1 Å². The van der Waals surface area contributed by atoms with Crippen LogP contribution in [-0.4, -0.2) is 171 Å². The number of aliphatic hydroxyl groups excluding tert-OH is 8. The van der Waals surface area contributed by atoms with Crippen molar-refractivity contribution in [1.29, 1.82) is 0 Å². The largest absolute Gasteiger partial charge is 0.395 e. The third-order valence-corrected chi connectivity index (χ3v) is 19.6. The molecule has 530 valence electrons. The van der Waals surface area contributed by atoms with E-state index in [0.29, 0.717) is 55.9 Å². The first-order valence-corrected chi connectivity index (χ1v) is 36.1. The molecule has 12 rings (SSSR count). The molecule has 2 aliphatic heterocycles. The van der Waals surface area contributed by atoms with E-state index < -0.39 is 6.10 Å². The van der Waals surface area contributed by atoms with Crippen LogP contribution in [0.15, 0.2) is 237 Å². The Morgan fingerprint density at radius 2 is 0.673 bits per heavy atom. The van der Waals surface area contributed by atoms with E-state index in [2.05, 4.69) is 168 Å². The van der Waals surface area contributed by atoms with E-state index in [-0.39, 0.29) is 63.5 Å². The highest BCUT2D eigenvalue weighted by molar-refractivity contribution is 6.31. The molecule has 101 heavy (non-hydrogen) atoms. The summed E-state index contributed by atoms with van der Waals surface area (Å²) < 4.78 is 5.48. The van der Waals surface area contributed by atoms with Gasteiger partial charge in [-0.25, -0.2) is 0 Å². The molecule has 2 heterocycles. The quantitative estimate of drug-likeness (QED) is 0.0179. The minimum Gasteiger partial charge on any atom is -0.395 e. The van der Waals surface area contributed by atoms with Crippen molar-refractivity contribution in [2.24, 2.45) is 0 Å². The van der Waals surface area contributed by atoms with E-state index in [1.165, 1.54) is 27.9 Å². The van der Waals surface area contributed by atoms with Gasteiger partial charge in [0.1, 0.15) is 0 Å². The molecular weight excluding hydrogens is 1330 g/mol. The lowest BCUT2D eigenvalue weighted by Crippen LogP contribution is -2.38. The molecule has 0 amide bonds. The van der Waals surface area contributed by atoms with E-state index in [1.54, 1.807) is 6.08 Å². The van der Waals surface area contributed by atoms with Crippen molar-refractivity contribution < 1.29 is 45.6 Å². The first-order chi connectivity index (χ1) is 49.4. The van der Waals surface area contributed by atoms with Crippen LogP contribution in [0.2, 0.25) is 15.1 Å². The molecule has 17 heteroatoms. The number of halogens is 3. The first-order valence-electron chi connectivity index (χ1n) is 34.9. The van der Waals surface area contributed by atoms with Crippen LogP contribution >= 0.6 is 34.8 Å². The van der Waals surface area contributed by atoms with Gasteiger partial charge in [-0.3, -0.25) is 0 Å². The van der Waals surface area contributed by atoms with Gasteiger partial charge in [-0.2, -0.15) is 0 Å². The fourth-order valence-corrected chi connectivity index (χ4v) is 14.1. The highest BCUT2D eigenvalue weighted by Gasteiger charge is 2.24. The summed E-state index contributed by atoms with van der Waals surface area (Å²) in [6.07, 6.45) is 7.61. The molecule has 9 aromatic carbocycles. The van der Waals surface area contributed by atoms with Crippen LogP contribution in [0.1, 0.15) is 92.7 Å². The molecule has 1 aliphatic carbocycles. The second kappa shape index (κ2) is 38.8. The number of ether oxygens (including phenoxy) is 1. The fourth-order valence-electron chi connectivity index (χ4n) is 13.7. The number of benzene rings is 9. The second-order valence-corrected chi connectivity index (χ2v) is 26.8. The van der Waals surface area contributed by atoms with Crippen LogP contribution in [0.5, 0.6) is 0 Å². The smallest absolute Gasteiger partial charge is 0.0908 e. The maximum absolute atomic E-state index is 10.0. The van der Waals surface area contributed by atoms with Crippen molar-refractivity contribution in [1.82, 2.24) is 0 Å². The van der Waals surface area contributed by atoms with Crippen molar-refractivity contribution in [3.63, 3.8) is 0 Å². The molecule has 2 saturated heterocycles. The second-order valence-electron chi connectivity index (χ2n) is 25.5. The van der Waals surface area contributed by atoms with E-state index in [9.17, 15) is 40.9 Å².